The number of aromatic nitrogens is 3. The summed E-state index contributed by atoms with van der Waals surface area (Å²) in [5.41, 5.74) is 0.510. The molecule has 0 radical (unpaired) electrons. The largest absolute Gasteiger partial charge is 0.465 e. The van der Waals surface area contributed by atoms with E-state index >= 15 is 0 Å². The molecule has 0 saturated heterocycles. The van der Waals surface area contributed by atoms with Gasteiger partial charge in [-0.25, -0.2) is 14.8 Å². The normalized spacial score (nSPS) is 10.3. The molecule has 0 aliphatic carbocycles. The van der Waals surface area contributed by atoms with Crippen LogP contribution in [0.4, 0.5) is 9.93 Å². The van der Waals surface area contributed by atoms with Crippen molar-refractivity contribution in [2.45, 2.75) is 19.9 Å². The van der Waals surface area contributed by atoms with Gasteiger partial charge in [0.05, 0.1) is 12.0 Å². The molecule has 0 unspecified atom stereocenters. The smallest absolute Gasteiger partial charge is 0.410 e. The van der Waals surface area contributed by atoms with Crippen LogP contribution < -0.4 is 10.6 Å². The quantitative estimate of drug-likeness (QED) is 0.702. The number of carbonyl (C=O) groups excluding carboxylic acids is 1. The van der Waals surface area contributed by atoms with Gasteiger partial charge in [0.2, 0.25) is 0 Å². The number of aryl methyl sites for hydroxylation is 2. The zero-order valence-electron chi connectivity index (χ0n) is 11.4. The topological polar surface area (TPSA) is 109 Å². The number of hydrogen-bond donors (Lipinski definition) is 3. The number of carboxylic acid groups (broad SMARTS) is 1. The first-order chi connectivity index (χ1) is 10.1. The van der Waals surface area contributed by atoms with Gasteiger partial charge in [-0.05, 0) is 13.3 Å². The standard InChI is InChI=1S/C12H15N5O3S/c1-8-9(21-11(15-8)16-12(19)20)10(18)14-3-2-5-17-6-4-13-7-17/h4,6-7H,2-3,5H2,1H3,(H,14,18)(H,15,16)(H,19,20). The second kappa shape index (κ2) is 6.84. The summed E-state index contributed by atoms with van der Waals surface area (Å²) in [5.74, 6) is -0.242. The van der Waals surface area contributed by atoms with E-state index in [0.717, 1.165) is 24.3 Å². The fourth-order valence-electron chi connectivity index (χ4n) is 1.71. The average Bonchev–Trinajstić information content (AvgIpc) is 3.03. The molecule has 9 heteroatoms. The Balaban J connectivity index is 1.82. The summed E-state index contributed by atoms with van der Waals surface area (Å²) in [6, 6.07) is 0. The van der Waals surface area contributed by atoms with Crippen LogP contribution in [-0.4, -0.2) is 38.2 Å². The third-order valence-corrected chi connectivity index (χ3v) is 3.73. The number of hydrogen-bond acceptors (Lipinski definition) is 5. The lowest BCUT2D eigenvalue weighted by Gasteiger charge is -2.04. The SMILES string of the molecule is Cc1nc(NC(=O)O)sc1C(=O)NCCCn1ccnc1. The molecule has 2 amide bonds. The molecule has 2 aromatic heterocycles. The van der Waals surface area contributed by atoms with E-state index in [0.29, 0.717) is 17.1 Å². The highest BCUT2D eigenvalue weighted by Gasteiger charge is 2.15. The molecule has 2 rings (SSSR count). The van der Waals surface area contributed by atoms with Crippen molar-refractivity contribution in [2.75, 3.05) is 11.9 Å². The number of amides is 2. The third-order valence-electron chi connectivity index (χ3n) is 2.65. The second-order valence-electron chi connectivity index (χ2n) is 4.27. The zero-order valence-corrected chi connectivity index (χ0v) is 12.2. The van der Waals surface area contributed by atoms with E-state index in [1.165, 1.54) is 0 Å². The highest BCUT2D eigenvalue weighted by Crippen LogP contribution is 2.22. The van der Waals surface area contributed by atoms with Gasteiger partial charge in [-0.15, -0.1) is 0 Å². The van der Waals surface area contributed by atoms with Crippen LogP contribution in [0.25, 0.3) is 0 Å². The number of rotatable bonds is 6. The van der Waals surface area contributed by atoms with Crippen LogP contribution in [0.15, 0.2) is 18.7 Å². The van der Waals surface area contributed by atoms with E-state index in [1.807, 2.05) is 10.8 Å². The van der Waals surface area contributed by atoms with Crippen molar-refractivity contribution in [3.8, 4) is 0 Å². The van der Waals surface area contributed by atoms with Crippen molar-refractivity contribution in [2.24, 2.45) is 0 Å². The van der Waals surface area contributed by atoms with Crippen LogP contribution in [0.2, 0.25) is 0 Å². The molecule has 3 N–H and O–H groups in total. The van der Waals surface area contributed by atoms with Crippen molar-refractivity contribution in [3.05, 3.63) is 29.3 Å². The van der Waals surface area contributed by atoms with Gasteiger partial charge < -0.3 is 15.0 Å². The fourth-order valence-corrected chi connectivity index (χ4v) is 2.59. The molecule has 2 heterocycles. The molecular formula is C12H15N5O3S. The summed E-state index contributed by atoms with van der Waals surface area (Å²) >= 11 is 1.02. The minimum Gasteiger partial charge on any atom is -0.465 e. The van der Waals surface area contributed by atoms with Gasteiger partial charge in [0.1, 0.15) is 4.88 Å². The van der Waals surface area contributed by atoms with Gasteiger partial charge in [0.15, 0.2) is 5.13 Å². The van der Waals surface area contributed by atoms with E-state index in [-0.39, 0.29) is 11.0 Å². The van der Waals surface area contributed by atoms with E-state index in [9.17, 15) is 9.59 Å². The lowest BCUT2D eigenvalue weighted by atomic mass is 10.3. The summed E-state index contributed by atoms with van der Waals surface area (Å²) in [6.07, 6.45) is 4.87. The lowest BCUT2D eigenvalue weighted by Crippen LogP contribution is -2.25. The second-order valence-corrected chi connectivity index (χ2v) is 5.27. The zero-order chi connectivity index (χ0) is 15.2. The fraction of sp³-hybridized carbons (Fsp3) is 0.333. The Kier molecular flexibility index (Phi) is 4.88. The maximum absolute atomic E-state index is 12.0. The summed E-state index contributed by atoms with van der Waals surface area (Å²) < 4.78 is 1.93. The van der Waals surface area contributed by atoms with Crippen molar-refractivity contribution in [3.63, 3.8) is 0 Å². The van der Waals surface area contributed by atoms with Gasteiger partial charge in [0.25, 0.3) is 5.91 Å². The molecule has 8 nitrogen and oxygen atoms in total. The number of imidazole rings is 1. The Morgan fingerprint density at radius 1 is 1.48 bits per heavy atom. The molecule has 0 aromatic carbocycles. The molecule has 112 valence electrons. The van der Waals surface area contributed by atoms with Gasteiger partial charge >= 0.3 is 6.09 Å². The van der Waals surface area contributed by atoms with Gasteiger partial charge in [-0.3, -0.25) is 10.1 Å². The predicted octanol–water partition coefficient (Wildman–Crippen LogP) is 1.56. The Labute approximate surface area is 124 Å². The molecule has 0 spiro atoms. The van der Waals surface area contributed by atoms with Gasteiger partial charge in [0, 0.05) is 25.5 Å². The van der Waals surface area contributed by atoms with Gasteiger partial charge in [-0.1, -0.05) is 11.3 Å². The average molecular weight is 309 g/mol. The molecule has 0 bridgehead atoms. The molecular weight excluding hydrogens is 294 g/mol. The first-order valence-electron chi connectivity index (χ1n) is 6.27. The van der Waals surface area contributed by atoms with Crippen molar-refractivity contribution in [1.82, 2.24) is 19.9 Å². The van der Waals surface area contributed by atoms with Crippen molar-refractivity contribution >= 4 is 28.5 Å². The molecule has 0 aliphatic rings. The Morgan fingerprint density at radius 3 is 2.95 bits per heavy atom. The number of anilines is 1. The Hall–Kier alpha value is -2.42. The Morgan fingerprint density at radius 2 is 2.29 bits per heavy atom. The maximum Gasteiger partial charge on any atom is 0.410 e. The monoisotopic (exact) mass is 309 g/mol. The number of nitrogens with one attached hydrogen (secondary N) is 2. The number of nitrogens with zero attached hydrogens (tertiary/aromatic N) is 3. The number of carbonyl (C=O) groups is 2. The van der Waals surface area contributed by atoms with Crippen LogP contribution >= 0.6 is 11.3 Å². The highest BCUT2D eigenvalue weighted by molar-refractivity contribution is 7.17. The molecule has 0 fully saturated rings. The molecule has 0 saturated carbocycles. The highest BCUT2D eigenvalue weighted by atomic mass is 32.1. The molecule has 0 aliphatic heterocycles. The van der Waals surface area contributed by atoms with E-state index in [2.05, 4.69) is 20.6 Å². The summed E-state index contributed by atoms with van der Waals surface area (Å²) in [6.45, 7) is 2.97. The van der Waals surface area contributed by atoms with Gasteiger partial charge in [-0.2, -0.15) is 0 Å². The van der Waals surface area contributed by atoms with E-state index < -0.39 is 6.09 Å². The summed E-state index contributed by atoms with van der Waals surface area (Å²) in [7, 11) is 0. The molecule has 21 heavy (non-hydrogen) atoms. The Bertz CT molecular complexity index is 623. The molecule has 2 aromatic rings. The first kappa shape index (κ1) is 15.0. The molecule has 0 atom stereocenters. The summed E-state index contributed by atoms with van der Waals surface area (Å²) in [4.78, 5) is 30.9. The van der Waals surface area contributed by atoms with Crippen molar-refractivity contribution in [1.29, 1.82) is 0 Å². The minimum absolute atomic E-state index is 0.198. The van der Waals surface area contributed by atoms with E-state index in [1.54, 1.807) is 19.4 Å². The first-order valence-corrected chi connectivity index (χ1v) is 7.09. The minimum atomic E-state index is -1.20. The third kappa shape index (κ3) is 4.28. The van der Waals surface area contributed by atoms with Crippen LogP contribution in [0, 0.1) is 6.92 Å². The van der Waals surface area contributed by atoms with E-state index in [4.69, 9.17) is 5.11 Å². The van der Waals surface area contributed by atoms with Crippen LogP contribution in [0.5, 0.6) is 0 Å². The predicted molar refractivity (Wildman–Crippen MR) is 77.7 cm³/mol. The van der Waals surface area contributed by atoms with Crippen LogP contribution in [0.1, 0.15) is 21.8 Å². The maximum atomic E-state index is 12.0. The lowest BCUT2D eigenvalue weighted by molar-refractivity contribution is 0.0956. The van der Waals surface area contributed by atoms with Crippen LogP contribution in [-0.2, 0) is 6.54 Å². The van der Waals surface area contributed by atoms with Crippen molar-refractivity contribution < 1.29 is 14.7 Å². The number of thiazole rings is 1. The van der Waals surface area contributed by atoms with Crippen LogP contribution in [0.3, 0.4) is 0 Å². The summed E-state index contributed by atoms with van der Waals surface area (Å²) in [5, 5.41) is 13.7.